The van der Waals surface area contributed by atoms with Gasteiger partial charge in [-0.1, -0.05) is 15.9 Å². The van der Waals surface area contributed by atoms with E-state index in [1.807, 2.05) is 6.07 Å². The van der Waals surface area contributed by atoms with Crippen molar-refractivity contribution in [2.24, 2.45) is 5.92 Å². The number of halogens is 2. The number of methoxy groups -OCH3 is 1. The van der Waals surface area contributed by atoms with E-state index in [1.54, 1.807) is 13.2 Å². The molecule has 0 aromatic heterocycles. The molecule has 1 saturated heterocycles. The second kappa shape index (κ2) is 4.56. The quantitative estimate of drug-likeness (QED) is 0.910. The van der Waals surface area contributed by atoms with E-state index in [0.717, 1.165) is 17.3 Å². The second-order valence-electron chi connectivity index (χ2n) is 5.00. The Hall–Kier alpha value is -0.490. The average Bonchev–Trinajstić information content (AvgIpc) is 2.89. The lowest BCUT2D eigenvalue weighted by Crippen LogP contribution is -2.39. The minimum atomic E-state index is -0.450. The van der Waals surface area contributed by atoms with E-state index in [2.05, 4.69) is 21.4 Å². The molecule has 3 nitrogen and oxygen atoms in total. The van der Waals surface area contributed by atoms with Crippen molar-refractivity contribution >= 4 is 15.9 Å². The van der Waals surface area contributed by atoms with E-state index in [0.29, 0.717) is 12.2 Å². The van der Waals surface area contributed by atoms with Crippen LogP contribution in [-0.4, -0.2) is 19.8 Å². The summed E-state index contributed by atoms with van der Waals surface area (Å²) in [5.41, 5.74) is 3.26. The summed E-state index contributed by atoms with van der Waals surface area (Å²) in [6.45, 7) is 0.603. The zero-order valence-electron chi connectivity index (χ0n) is 10.1. The van der Waals surface area contributed by atoms with Gasteiger partial charge in [0.25, 0.3) is 0 Å². The maximum absolute atomic E-state index is 14.1. The van der Waals surface area contributed by atoms with Crippen molar-refractivity contribution in [2.75, 3.05) is 13.7 Å². The van der Waals surface area contributed by atoms with Crippen molar-refractivity contribution in [3.8, 4) is 0 Å². The molecule has 1 aliphatic heterocycles. The van der Waals surface area contributed by atoms with Crippen LogP contribution in [0.1, 0.15) is 18.4 Å². The lowest BCUT2D eigenvalue weighted by Gasteiger charge is -2.28. The van der Waals surface area contributed by atoms with Crippen LogP contribution in [0.3, 0.4) is 0 Å². The van der Waals surface area contributed by atoms with Crippen LogP contribution in [0.2, 0.25) is 0 Å². The summed E-state index contributed by atoms with van der Waals surface area (Å²) < 4.78 is 20.4. The van der Waals surface area contributed by atoms with Gasteiger partial charge in [0.05, 0.1) is 18.2 Å². The molecule has 3 atom stereocenters. The van der Waals surface area contributed by atoms with Crippen LogP contribution in [0.5, 0.6) is 0 Å². The molecular formula is C13H15BrFNO2. The molecule has 2 aliphatic rings. The Bertz CT molecular complexity index is 470. The largest absolute Gasteiger partial charge is 0.381 e. The molecule has 1 saturated carbocycles. The smallest absolute Gasteiger partial charge is 0.128 e. The van der Waals surface area contributed by atoms with Crippen LogP contribution in [0, 0.1) is 11.7 Å². The third-order valence-electron chi connectivity index (χ3n) is 4.08. The summed E-state index contributed by atoms with van der Waals surface area (Å²) in [5, 5.41) is 0. The maximum Gasteiger partial charge on any atom is 0.128 e. The molecule has 0 amide bonds. The van der Waals surface area contributed by atoms with Crippen molar-refractivity contribution in [1.82, 2.24) is 5.48 Å². The highest BCUT2D eigenvalue weighted by Gasteiger charge is 2.53. The van der Waals surface area contributed by atoms with E-state index in [-0.39, 0.29) is 17.8 Å². The summed E-state index contributed by atoms with van der Waals surface area (Å²) in [6.07, 6.45) is 1.79. The Balaban J connectivity index is 2.05. The average molecular weight is 316 g/mol. The van der Waals surface area contributed by atoms with Crippen LogP contribution in [0.15, 0.2) is 22.7 Å². The van der Waals surface area contributed by atoms with E-state index in [9.17, 15) is 4.39 Å². The van der Waals surface area contributed by atoms with Gasteiger partial charge in [-0.2, -0.15) is 5.48 Å². The molecule has 0 bridgehead atoms. The Morgan fingerprint density at radius 1 is 1.56 bits per heavy atom. The topological polar surface area (TPSA) is 30.5 Å². The molecule has 0 unspecified atom stereocenters. The Kier molecular flexibility index (Phi) is 3.18. The minimum absolute atomic E-state index is 0.157. The SMILES string of the molecule is CO[C@H]1C[C@H]2CON[C@@]2(c2cc(Br)ccc2F)C1. The normalized spacial score (nSPS) is 34.8. The number of nitrogens with one attached hydrogen (secondary N) is 1. The summed E-state index contributed by atoms with van der Waals surface area (Å²) >= 11 is 3.40. The van der Waals surface area contributed by atoms with E-state index >= 15 is 0 Å². The zero-order chi connectivity index (χ0) is 12.8. The first-order valence-electron chi connectivity index (χ1n) is 6.03. The van der Waals surface area contributed by atoms with Gasteiger partial charge < -0.3 is 9.57 Å². The van der Waals surface area contributed by atoms with Crippen molar-refractivity contribution < 1.29 is 14.0 Å². The molecule has 0 spiro atoms. The first-order chi connectivity index (χ1) is 8.65. The van der Waals surface area contributed by atoms with Crippen LogP contribution in [0.4, 0.5) is 4.39 Å². The fourth-order valence-electron chi connectivity index (χ4n) is 3.14. The molecule has 1 aromatic carbocycles. The van der Waals surface area contributed by atoms with Gasteiger partial charge in [-0.15, -0.1) is 0 Å². The van der Waals surface area contributed by atoms with Gasteiger partial charge in [0.1, 0.15) is 5.82 Å². The summed E-state index contributed by atoms with van der Waals surface area (Å²) in [5.74, 6) is 0.0594. The number of fused-ring (bicyclic) bond motifs is 1. The predicted octanol–water partition coefficient (Wildman–Crippen LogP) is 2.74. The summed E-state index contributed by atoms with van der Waals surface area (Å²) in [4.78, 5) is 5.37. The molecule has 2 fully saturated rings. The van der Waals surface area contributed by atoms with Gasteiger partial charge in [-0.25, -0.2) is 4.39 Å². The van der Waals surface area contributed by atoms with Crippen molar-refractivity contribution in [2.45, 2.75) is 24.5 Å². The van der Waals surface area contributed by atoms with Crippen LogP contribution >= 0.6 is 15.9 Å². The third-order valence-corrected chi connectivity index (χ3v) is 4.57. The first-order valence-corrected chi connectivity index (χ1v) is 6.82. The van der Waals surface area contributed by atoms with Gasteiger partial charge in [-0.05, 0) is 31.0 Å². The number of rotatable bonds is 2. The molecule has 1 N–H and O–H groups in total. The van der Waals surface area contributed by atoms with E-state index in [4.69, 9.17) is 9.57 Å². The third kappa shape index (κ3) is 1.81. The van der Waals surface area contributed by atoms with E-state index in [1.165, 1.54) is 6.07 Å². The number of ether oxygens (including phenoxy) is 1. The lowest BCUT2D eigenvalue weighted by molar-refractivity contribution is 0.0271. The number of hydrogen-bond donors (Lipinski definition) is 1. The first kappa shape index (κ1) is 12.5. The summed E-state index contributed by atoms with van der Waals surface area (Å²) in [6, 6.07) is 5.04. The van der Waals surface area contributed by atoms with Gasteiger partial charge in [-0.3, -0.25) is 0 Å². The van der Waals surface area contributed by atoms with Crippen molar-refractivity contribution in [1.29, 1.82) is 0 Å². The van der Waals surface area contributed by atoms with Crippen molar-refractivity contribution in [3.05, 3.63) is 34.1 Å². The monoisotopic (exact) mass is 315 g/mol. The lowest BCUT2D eigenvalue weighted by atomic mass is 9.82. The minimum Gasteiger partial charge on any atom is -0.381 e. The molecule has 0 radical (unpaired) electrons. The second-order valence-corrected chi connectivity index (χ2v) is 5.92. The summed E-state index contributed by atoms with van der Waals surface area (Å²) in [7, 11) is 1.71. The van der Waals surface area contributed by atoms with Crippen molar-refractivity contribution in [3.63, 3.8) is 0 Å². The number of benzene rings is 1. The fourth-order valence-corrected chi connectivity index (χ4v) is 3.50. The standard InChI is InChI=1S/C13H15BrFNO2/c1-17-10-4-8-7-18-16-13(8,6-10)11-5-9(14)2-3-12(11)15/h2-3,5,8,10,16H,4,6-7H2,1H3/t8-,10-,13-/m0/s1. The molecule has 3 rings (SSSR count). The van der Waals surface area contributed by atoms with Crippen LogP contribution in [0.25, 0.3) is 0 Å². The predicted molar refractivity (Wildman–Crippen MR) is 68.4 cm³/mol. The fraction of sp³-hybridized carbons (Fsp3) is 0.538. The molecule has 1 heterocycles. The van der Waals surface area contributed by atoms with Crippen LogP contribution in [-0.2, 0) is 15.1 Å². The highest BCUT2D eigenvalue weighted by Crippen LogP contribution is 2.48. The molecule has 18 heavy (non-hydrogen) atoms. The Morgan fingerprint density at radius 3 is 3.17 bits per heavy atom. The van der Waals surface area contributed by atoms with Crippen LogP contribution < -0.4 is 5.48 Å². The van der Waals surface area contributed by atoms with E-state index < -0.39 is 5.54 Å². The number of hydroxylamine groups is 1. The van der Waals surface area contributed by atoms with Gasteiger partial charge in [0, 0.05) is 23.1 Å². The van der Waals surface area contributed by atoms with Gasteiger partial charge in [0.2, 0.25) is 0 Å². The van der Waals surface area contributed by atoms with Gasteiger partial charge in [0.15, 0.2) is 0 Å². The molecule has 98 valence electrons. The number of hydrogen-bond acceptors (Lipinski definition) is 3. The highest BCUT2D eigenvalue weighted by molar-refractivity contribution is 9.10. The zero-order valence-corrected chi connectivity index (χ0v) is 11.7. The Labute approximate surface area is 114 Å². The molecule has 1 aromatic rings. The Morgan fingerprint density at radius 2 is 2.39 bits per heavy atom. The molecule has 1 aliphatic carbocycles. The van der Waals surface area contributed by atoms with Gasteiger partial charge >= 0.3 is 0 Å². The maximum atomic E-state index is 14.1. The highest BCUT2D eigenvalue weighted by atomic mass is 79.9. The molecule has 5 heteroatoms. The molecular weight excluding hydrogens is 301 g/mol.